The summed E-state index contributed by atoms with van der Waals surface area (Å²) >= 11 is 0. The van der Waals surface area contributed by atoms with Crippen LogP contribution in [0.15, 0.2) is 13.5 Å². The summed E-state index contributed by atoms with van der Waals surface area (Å²) in [7, 11) is -48.7. The average molecular weight is 2500 g/mol. The molecule has 801 valence electrons. The normalized spacial score (nSPS) is 12.2. The van der Waals surface area contributed by atoms with Gasteiger partial charge >= 0.3 is 37.3 Å². The monoisotopic (exact) mass is 2490 g/mol. The molecule has 0 aliphatic rings. The van der Waals surface area contributed by atoms with Crippen LogP contribution in [0.1, 0.15) is 0 Å². The summed E-state index contributed by atoms with van der Waals surface area (Å²) < 4.78 is 915. The Bertz CT molecular complexity index is 6740. The summed E-state index contributed by atoms with van der Waals surface area (Å²) in [6, 6.07) is 0. The van der Waals surface area contributed by atoms with E-state index in [1.807, 2.05) is 13.5 Å². The second kappa shape index (κ2) is 41.6. The van der Waals surface area contributed by atoms with E-state index in [-0.39, 0.29) is 37.3 Å². The molecule has 0 fully saturated rings. The van der Waals surface area contributed by atoms with Gasteiger partial charge < -0.3 is 14.7 Å². The number of hydrogen-bond donors (Lipinski definition) is 0. The van der Waals surface area contributed by atoms with E-state index in [2.05, 4.69) is 0 Å². The Balaban J connectivity index is 0.000000246. The predicted octanol–water partition coefficient (Wildman–Crippen LogP) is 20.5. The minimum absolute atomic E-state index is 0. The van der Waals surface area contributed by atoms with E-state index >= 15 is 105 Å². The van der Waals surface area contributed by atoms with Gasteiger partial charge in [0.25, 0.3) is 21.9 Å². The molecule has 12 rings (SSSR count). The quantitative estimate of drug-likeness (QED) is 0.0430. The smallest absolute Gasteiger partial charge is 0.808 e. The Labute approximate surface area is 795 Å². The molecule has 0 aliphatic heterocycles. The summed E-state index contributed by atoms with van der Waals surface area (Å²) in [5.74, 6) is -211. The first-order valence-electron chi connectivity index (χ1n) is 34.3. The molecular weight excluding hydrogens is 2500 g/mol. The Morgan fingerprint density at radius 3 is 0.209 bits per heavy atom. The molecule has 0 atom stereocenters. The second-order valence-electron chi connectivity index (χ2n) is 26.7. The van der Waals surface area contributed by atoms with Gasteiger partial charge in [-0.15, -0.1) is 0 Å². The van der Waals surface area contributed by atoms with Crippen molar-refractivity contribution in [2.75, 3.05) is 0 Å². The van der Waals surface area contributed by atoms with E-state index in [1.165, 1.54) is 0 Å². The van der Waals surface area contributed by atoms with E-state index in [0.717, 1.165) is 0 Å². The van der Waals surface area contributed by atoms with Crippen molar-refractivity contribution in [2.45, 2.75) is 0 Å². The van der Waals surface area contributed by atoms with Crippen LogP contribution in [-0.2, 0) is 13.7 Å². The topological polar surface area (TPSA) is 157 Å². The maximum atomic E-state index is 15.0. The molecule has 148 heavy (non-hydrogen) atoms. The van der Waals surface area contributed by atoms with E-state index in [1.54, 1.807) is 0 Å². The van der Waals surface area contributed by atoms with Gasteiger partial charge in [0.15, 0.2) is 279 Å². The zero-order valence-electron chi connectivity index (χ0n) is 65.4. The molecule has 12 aromatic rings. The standard InChI is InChI=1S/3C24F20NO2P2.Er/c3*25-1-5(29)13(37)21(14(38)6(1)30)48(46,22-15(39)7(31)2(26)8(32)16(22)40)45-49(47,23-17(41)9(33)3(27)10(34)18(23)42)24-19(43)11(35)4(28)12(36)20(24)44;/q3*-1;+3. The van der Waals surface area contributed by atoms with Gasteiger partial charge in [0.1, 0.15) is 31.8 Å². The fraction of sp³-hybridized carbons (Fsp3) is 0. The zero-order valence-corrected chi connectivity index (χ0v) is 72.7. The van der Waals surface area contributed by atoms with Gasteiger partial charge in [0.05, 0.1) is 31.8 Å². The van der Waals surface area contributed by atoms with Crippen LogP contribution in [0, 0.1) is 386 Å². The minimum Gasteiger partial charge on any atom is -0.808 e. The molecular formula is C72ErF60N3O6P6. The molecule has 0 heterocycles. The molecule has 0 saturated heterocycles. The van der Waals surface area contributed by atoms with E-state index < -0.39 is 456 Å². The van der Waals surface area contributed by atoms with Crippen molar-refractivity contribution in [3.63, 3.8) is 0 Å². The van der Waals surface area contributed by atoms with Gasteiger partial charge in [-0.3, -0.25) is 13.7 Å². The third-order valence-corrected chi connectivity index (χ3v) is 36.7. The van der Waals surface area contributed by atoms with E-state index in [4.69, 9.17) is 0 Å². The van der Waals surface area contributed by atoms with Crippen LogP contribution >= 0.6 is 43.7 Å². The molecule has 0 aromatic heterocycles. The SMILES string of the molecule is O=P(N=P([O-])(c1c(F)c(F)c(F)c(F)c1F)c1c(F)c(F)c(F)c(F)c1F)(c1c(F)c(F)c(F)c(F)c1F)c1c(F)c(F)c(F)c(F)c1F.O=P(N=P([O-])(c1c(F)c(F)c(F)c(F)c1F)c1c(F)c(F)c(F)c(F)c1F)(c1c(F)c(F)c(F)c(F)c1F)c1c(F)c(F)c(F)c(F)c1F.O=P(N=P([O-])(c1c(F)c(F)c(F)c(F)c1F)c1c(F)c(F)c(F)c(F)c1F)(c1c(F)c(F)c(F)c(F)c1F)c1c(F)c(F)c(F)c(F)c1F.[Er+3]. The third-order valence-electron chi connectivity index (χ3n) is 18.6. The van der Waals surface area contributed by atoms with Gasteiger partial charge in [-0.2, -0.15) is 0 Å². The molecule has 0 bridgehead atoms. The summed E-state index contributed by atoms with van der Waals surface area (Å²) in [5, 5.41) is -42.3. The van der Waals surface area contributed by atoms with Crippen LogP contribution in [-0.4, -0.2) is 0 Å². The molecule has 0 aliphatic carbocycles. The van der Waals surface area contributed by atoms with Crippen molar-refractivity contribution in [2.24, 2.45) is 13.5 Å². The van der Waals surface area contributed by atoms with Gasteiger partial charge in [0, 0.05) is 0 Å². The Kier molecular flexibility index (Phi) is 33.9. The maximum absolute atomic E-state index is 15.0. The second-order valence-corrected chi connectivity index (χ2v) is 41.2. The van der Waals surface area contributed by atoms with Gasteiger partial charge in [-0.1, -0.05) is 0 Å². The molecule has 0 spiro atoms. The van der Waals surface area contributed by atoms with Crippen LogP contribution < -0.4 is 78.3 Å². The first-order chi connectivity index (χ1) is 67.2. The molecule has 0 unspecified atom stereocenters. The zero-order chi connectivity index (χ0) is 113. The van der Waals surface area contributed by atoms with Crippen molar-refractivity contribution in [1.29, 1.82) is 0 Å². The van der Waals surface area contributed by atoms with E-state index in [9.17, 15) is 186 Å². The van der Waals surface area contributed by atoms with Crippen LogP contribution in [0.5, 0.6) is 0 Å². The summed E-state index contributed by atoms with van der Waals surface area (Å²) in [6.07, 6.45) is 0. The average Bonchev–Trinajstić information content (AvgIpc) is 0.707. The van der Waals surface area contributed by atoms with Gasteiger partial charge in [-0.25, -0.2) is 277 Å². The Hall–Kier alpha value is -11.1. The van der Waals surface area contributed by atoms with Crippen molar-refractivity contribution >= 4 is 107 Å². The summed E-state index contributed by atoms with van der Waals surface area (Å²) in [6.45, 7) is 0. The van der Waals surface area contributed by atoms with Crippen molar-refractivity contribution in [3.8, 4) is 0 Å². The molecule has 0 N–H and O–H groups in total. The van der Waals surface area contributed by atoms with Crippen LogP contribution in [0.2, 0.25) is 0 Å². The maximum Gasteiger partial charge on any atom is 3.00 e. The van der Waals surface area contributed by atoms with Crippen LogP contribution in [0.25, 0.3) is 0 Å². The van der Waals surface area contributed by atoms with Crippen LogP contribution in [0.4, 0.5) is 263 Å². The summed E-state index contributed by atoms with van der Waals surface area (Å²) in [4.78, 5) is 42.6. The fourth-order valence-electron chi connectivity index (χ4n) is 12.1. The molecule has 12 aromatic carbocycles. The number of benzene rings is 12. The number of hydrogen-bond acceptors (Lipinski definition) is 6. The van der Waals surface area contributed by atoms with Crippen molar-refractivity contribution < 1.29 is 329 Å². The first-order valence-corrected chi connectivity index (χ1v) is 44.3. The molecule has 9 nitrogen and oxygen atoms in total. The first kappa shape index (κ1) is 120. The molecule has 0 amide bonds. The van der Waals surface area contributed by atoms with Crippen molar-refractivity contribution in [1.82, 2.24) is 0 Å². The Morgan fingerprint density at radius 1 is 0.101 bits per heavy atom. The number of rotatable bonds is 15. The fourth-order valence-corrected chi connectivity index (χ4v) is 30.7. The predicted molar refractivity (Wildman–Crippen MR) is 361 cm³/mol. The number of halogens is 60. The van der Waals surface area contributed by atoms with E-state index in [0.29, 0.717) is 0 Å². The Morgan fingerprint density at radius 2 is 0.149 bits per heavy atom. The minimum atomic E-state index is -8.11. The largest absolute Gasteiger partial charge is 3.00 e. The summed E-state index contributed by atoms with van der Waals surface area (Å²) in [5.41, 5.74) is 0. The van der Waals surface area contributed by atoms with Gasteiger partial charge in [0.2, 0.25) is 69.8 Å². The van der Waals surface area contributed by atoms with Gasteiger partial charge in [-0.05, 0) is 21.8 Å². The third kappa shape index (κ3) is 18.0. The van der Waals surface area contributed by atoms with Crippen LogP contribution in [0.3, 0.4) is 0 Å². The molecule has 0 saturated carbocycles. The van der Waals surface area contributed by atoms with Crippen molar-refractivity contribution in [3.05, 3.63) is 349 Å². The molecule has 76 heteroatoms. The number of nitrogens with zero attached hydrogens (tertiary/aromatic N) is 3. The molecule has 1 radical (unpaired) electrons.